The van der Waals surface area contributed by atoms with Crippen LogP contribution in [0.4, 0.5) is 22.0 Å². The van der Waals surface area contributed by atoms with Crippen LogP contribution in [0.1, 0.15) is 0 Å². The first-order chi connectivity index (χ1) is 10.3. The van der Waals surface area contributed by atoms with Gasteiger partial charge in [0.2, 0.25) is 10.0 Å². The summed E-state index contributed by atoms with van der Waals surface area (Å²) in [5, 5.41) is 5.20. The minimum Gasteiger partial charge on any atom is -0.308 e. The molecule has 0 unspecified atom stereocenters. The minimum absolute atomic E-state index is 0.405. The lowest BCUT2D eigenvalue weighted by Gasteiger charge is -2.08. The fraction of sp³-hybridized carbons (Fsp3) is 0.0769. The number of hydrogen-bond donors (Lipinski definition) is 3. The number of hydrogen-bond acceptors (Lipinski definition) is 4. The van der Waals surface area contributed by atoms with Crippen molar-refractivity contribution in [3.8, 4) is 0 Å². The van der Waals surface area contributed by atoms with Gasteiger partial charge in [-0.3, -0.25) is 10.0 Å². The monoisotopic (exact) mass is 384 g/mol. The molecule has 0 aliphatic rings. The summed E-state index contributed by atoms with van der Waals surface area (Å²) >= 11 is 3.28. The maximum Gasteiger partial charge on any atom is 0.324 e. The van der Waals surface area contributed by atoms with Crippen molar-refractivity contribution in [3.05, 3.63) is 47.1 Å². The molecule has 2 amide bonds. The Bertz CT molecular complexity index is 778. The SMILES string of the molecule is CS(=O)(=O)Nc1ccc(NC(=O)Nc2cc(Br)ccn2)cc1. The number of sulfonamides is 1. The Kier molecular flexibility index (Phi) is 4.99. The van der Waals surface area contributed by atoms with Gasteiger partial charge in [0.1, 0.15) is 5.82 Å². The number of benzene rings is 1. The molecule has 2 rings (SSSR count). The van der Waals surface area contributed by atoms with Crippen LogP contribution < -0.4 is 15.4 Å². The predicted octanol–water partition coefficient (Wildman–Crippen LogP) is 2.86. The summed E-state index contributed by atoms with van der Waals surface area (Å²) in [4.78, 5) is 15.8. The topological polar surface area (TPSA) is 100 Å². The molecule has 0 fully saturated rings. The Morgan fingerprint density at radius 1 is 1.09 bits per heavy atom. The number of aromatic nitrogens is 1. The number of nitrogens with zero attached hydrogens (tertiary/aromatic N) is 1. The van der Waals surface area contributed by atoms with E-state index in [0.29, 0.717) is 17.2 Å². The number of rotatable bonds is 4. The lowest BCUT2D eigenvalue weighted by Crippen LogP contribution is -2.20. The molecular weight excluding hydrogens is 372 g/mol. The van der Waals surface area contributed by atoms with Crippen LogP contribution in [0.2, 0.25) is 0 Å². The van der Waals surface area contributed by atoms with E-state index in [-0.39, 0.29) is 0 Å². The van der Waals surface area contributed by atoms with Crippen molar-refractivity contribution in [1.29, 1.82) is 0 Å². The second-order valence-corrected chi connectivity index (χ2v) is 7.05. The number of urea groups is 1. The van der Waals surface area contributed by atoms with E-state index in [0.717, 1.165) is 10.7 Å². The van der Waals surface area contributed by atoms with Gasteiger partial charge in [-0.2, -0.15) is 0 Å². The minimum atomic E-state index is -3.32. The lowest BCUT2D eigenvalue weighted by molar-refractivity contribution is 0.262. The summed E-state index contributed by atoms with van der Waals surface area (Å²) in [7, 11) is -3.32. The van der Waals surface area contributed by atoms with Crippen LogP contribution in [-0.2, 0) is 10.0 Å². The Hall–Kier alpha value is -2.13. The fourth-order valence-corrected chi connectivity index (χ4v) is 2.49. The lowest BCUT2D eigenvalue weighted by atomic mass is 10.3. The van der Waals surface area contributed by atoms with Crippen molar-refractivity contribution in [2.75, 3.05) is 21.6 Å². The Balaban J connectivity index is 1.97. The van der Waals surface area contributed by atoms with E-state index in [9.17, 15) is 13.2 Å². The molecule has 0 aliphatic heterocycles. The molecule has 1 aromatic carbocycles. The van der Waals surface area contributed by atoms with Crippen molar-refractivity contribution in [2.24, 2.45) is 0 Å². The second kappa shape index (κ2) is 6.75. The van der Waals surface area contributed by atoms with Crippen molar-refractivity contribution < 1.29 is 13.2 Å². The van der Waals surface area contributed by atoms with Crippen LogP contribution >= 0.6 is 15.9 Å². The number of amides is 2. The molecule has 22 heavy (non-hydrogen) atoms. The zero-order valence-corrected chi connectivity index (χ0v) is 13.9. The number of carbonyl (C=O) groups excluding carboxylic acids is 1. The summed E-state index contributed by atoms with van der Waals surface area (Å²) in [6.07, 6.45) is 2.63. The average Bonchev–Trinajstić information content (AvgIpc) is 2.39. The highest BCUT2D eigenvalue weighted by Crippen LogP contribution is 2.16. The summed E-state index contributed by atoms with van der Waals surface area (Å²) in [6.45, 7) is 0. The van der Waals surface area contributed by atoms with E-state index in [2.05, 4.69) is 36.3 Å². The number of halogens is 1. The second-order valence-electron chi connectivity index (χ2n) is 4.39. The molecule has 1 heterocycles. The average molecular weight is 385 g/mol. The molecule has 0 saturated heterocycles. The van der Waals surface area contributed by atoms with Gasteiger partial charge in [-0.15, -0.1) is 0 Å². The van der Waals surface area contributed by atoms with E-state index in [4.69, 9.17) is 0 Å². The Morgan fingerprint density at radius 3 is 2.32 bits per heavy atom. The van der Waals surface area contributed by atoms with Crippen LogP contribution in [0.15, 0.2) is 47.1 Å². The highest BCUT2D eigenvalue weighted by atomic mass is 79.9. The van der Waals surface area contributed by atoms with Gasteiger partial charge in [0, 0.05) is 22.0 Å². The third-order valence-corrected chi connectivity index (χ3v) is 3.51. The smallest absolute Gasteiger partial charge is 0.308 e. The van der Waals surface area contributed by atoms with E-state index in [1.807, 2.05) is 0 Å². The Labute approximate surface area is 136 Å². The maximum atomic E-state index is 11.8. The molecule has 0 atom stereocenters. The molecule has 0 bridgehead atoms. The standard InChI is InChI=1S/C13H13BrN4O3S/c1-22(20,21)18-11-4-2-10(3-5-11)16-13(19)17-12-8-9(14)6-7-15-12/h2-8,18H,1H3,(H2,15,16,17,19). The van der Waals surface area contributed by atoms with Gasteiger partial charge in [0.05, 0.1) is 6.26 Å². The fourth-order valence-electron chi connectivity index (χ4n) is 1.59. The molecule has 7 nitrogen and oxygen atoms in total. The van der Waals surface area contributed by atoms with Crippen LogP contribution in [0.3, 0.4) is 0 Å². The summed E-state index contributed by atoms with van der Waals surface area (Å²) < 4.78 is 25.3. The third kappa shape index (κ3) is 5.34. The molecular formula is C13H13BrN4O3S. The largest absolute Gasteiger partial charge is 0.324 e. The number of carbonyl (C=O) groups is 1. The molecule has 2 aromatic rings. The normalized spacial score (nSPS) is 10.8. The number of pyridine rings is 1. The quantitative estimate of drug-likeness (QED) is 0.754. The van der Waals surface area contributed by atoms with Gasteiger partial charge in [-0.1, -0.05) is 15.9 Å². The van der Waals surface area contributed by atoms with Crippen molar-refractivity contribution in [3.63, 3.8) is 0 Å². The summed E-state index contributed by atoms with van der Waals surface area (Å²) in [5.74, 6) is 0.405. The first kappa shape index (κ1) is 16.2. The Morgan fingerprint density at radius 2 is 1.73 bits per heavy atom. The molecule has 1 aromatic heterocycles. The van der Waals surface area contributed by atoms with Crippen molar-refractivity contribution >= 4 is 49.2 Å². The van der Waals surface area contributed by atoms with Gasteiger partial charge >= 0.3 is 6.03 Å². The van der Waals surface area contributed by atoms with Gasteiger partial charge < -0.3 is 5.32 Å². The molecule has 116 valence electrons. The van der Waals surface area contributed by atoms with E-state index in [1.54, 1.807) is 42.6 Å². The van der Waals surface area contributed by atoms with Gasteiger partial charge in [-0.25, -0.2) is 18.2 Å². The predicted molar refractivity (Wildman–Crippen MR) is 89.5 cm³/mol. The van der Waals surface area contributed by atoms with Crippen molar-refractivity contribution in [2.45, 2.75) is 0 Å². The van der Waals surface area contributed by atoms with Crippen molar-refractivity contribution in [1.82, 2.24) is 4.98 Å². The zero-order chi connectivity index (χ0) is 16.2. The molecule has 0 saturated carbocycles. The van der Waals surface area contributed by atoms with Gasteiger partial charge in [-0.05, 0) is 36.4 Å². The summed E-state index contributed by atoms with van der Waals surface area (Å²) in [6, 6.07) is 9.23. The molecule has 0 spiro atoms. The highest BCUT2D eigenvalue weighted by molar-refractivity contribution is 9.10. The third-order valence-electron chi connectivity index (χ3n) is 2.41. The van der Waals surface area contributed by atoms with E-state index >= 15 is 0 Å². The summed E-state index contributed by atoms with van der Waals surface area (Å²) in [5.41, 5.74) is 0.939. The molecule has 0 aliphatic carbocycles. The number of anilines is 3. The van der Waals surface area contributed by atoms with Crippen LogP contribution in [0, 0.1) is 0 Å². The number of nitrogens with one attached hydrogen (secondary N) is 3. The van der Waals surface area contributed by atoms with E-state index in [1.165, 1.54) is 0 Å². The van der Waals surface area contributed by atoms with Gasteiger partial charge in [0.25, 0.3) is 0 Å². The first-order valence-electron chi connectivity index (χ1n) is 6.09. The molecule has 3 N–H and O–H groups in total. The molecule has 9 heteroatoms. The van der Waals surface area contributed by atoms with Crippen LogP contribution in [0.5, 0.6) is 0 Å². The van der Waals surface area contributed by atoms with Gasteiger partial charge in [0.15, 0.2) is 0 Å². The molecule has 0 radical (unpaired) electrons. The maximum absolute atomic E-state index is 11.8. The van der Waals surface area contributed by atoms with Crippen LogP contribution in [-0.4, -0.2) is 25.7 Å². The highest BCUT2D eigenvalue weighted by Gasteiger charge is 2.05. The first-order valence-corrected chi connectivity index (χ1v) is 8.78. The van der Waals surface area contributed by atoms with Crippen LogP contribution in [0.25, 0.3) is 0 Å². The van der Waals surface area contributed by atoms with E-state index < -0.39 is 16.1 Å². The zero-order valence-electron chi connectivity index (χ0n) is 11.5.